The predicted molar refractivity (Wildman–Crippen MR) is 99.7 cm³/mol. The molecule has 0 spiro atoms. The van der Waals surface area contributed by atoms with E-state index < -0.39 is 44.9 Å². The predicted octanol–water partition coefficient (Wildman–Crippen LogP) is 2.09. The van der Waals surface area contributed by atoms with Crippen molar-refractivity contribution >= 4 is 44.9 Å². The van der Waals surface area contributed by atoms with Gasteiger partial charge in [0.25, 0.3) is 5.91 Å². The van der Waals surface area contributed by atoms with Gasteiger partial charge in [0.1, 0.15) is 0 Å². The van der Waals surface area contributed by atoms with E-state index in [1.807, 2.05) is 0 Å². The zero-order valence-electron chi connectivity index (χ0n) is 14.6. The van der Waals surface area contributed by atoms with Crippen molar-refractivity contribution in [3.63, 3.8) is 0 Å². The van der Waals surface area contributed by atoms with E-state index in [-0.39, 0.29) is 21.2 Å². The number of halogens is 2. The Bertz CT molecular complexity index is 1090. The maximum Gasteiger partial charge on any atom is 0.340 e. The molecule has 2 rings (SSSR count). The Labute approximate surface area is 168 Å². The van der Waals surface area contributed by atoms with Crippen LogP contribution in [0, 0.1) is 15.9 Å². The standard InChI is InChI=1S/C16H13ClFN3O7S/c1-19-29(26,27)10-3-4-12(17)11(7-10)16(23)28-8-15(22)20-9-2-5-13(18)14(6-9)21(24)25/h2-7,19H,8H2,1H3,(H,20,22). The first kappa shape index (κ1) is 22.2. The number of rotatable bonds is 7. The second kappa shape index (κ2) is 8.94. The highest BCUT2D eigenvalue weighted by molar-refractivity contribution is 7.89. The first-order valence-corrected chi connectivity index (χ1v) is 9.55. The van der Waals surface area contributed by atoms with Crippen LogP contribution < -0.4 is 10.0 Å². The summed E-state index contributed by atoms with van der Waals surface area (Å²) in [5.41, 5.74) is -1.21. The summed E-state index contributed by atoms with van der Waals surface area (Å²) < 4.78 is 43.8. The van der Waals surface area contributed by atoms with Crippen LogP contribution in [0.1, 0.15) is 10.4 Å². The fraction of sp³-hybridized carbons (Fsp3) is 0.125. The molecule has 2 N–H and O–H groups in total. The van der Waals surface area contributed by atoms with E-state index in [0.717, 1.165) is 24.3 Å². The van der Waals surface area contributed by atoms with Crippen molar-refractivity contribution < 1.29 is 32.1 Å². The summed E-state index contributed by atoms with van der Waals surface area (Å²) in [5.74, 6) is -3.01. The number of esters is 1. The van der Waals surface area contributed by atoms with Gasteiger partial charge in [0, 0.05) is 11.8 Å². The molecule has 29 heavy (non-hydrogen) atoms. The van der Waals surface area contributed by atoms with Crippen molar-refractivity contribution in [2.45, 2.75) is 4.90 Å². The molecule has 2 aromatic carbocycles. The third-order valence-electron chi connectivity index (χ3n) is 3.50. The molecule has 0 saturated carbocycles. The molecule has 0 bridgehead atoms. The molecule has 0 unspecified atom stereocenters. The van der Waals surface area contributed by atoms with Crippen LogP contribution in [-0.4, -0.2) is 38.9 Å². The van der Waals surface area contributed by atoms with Crippen LogP contribution in [0.15, 0.2) is 41.3 Å². The number of nitro benzene ring substituents is 1. The summed E-state index contributed by atoms with van der Waals surface area (Å²) in [6, 6.07) is 6.03. The minimum absolute atomic E-state index is 0.0840. The Balaban J connectivity index is 2.08. The average Bonchev–Trinajstić information content (AvgIpc) is 2.67. The minimum Gasteiger partial charge on any atom is -0.452 e. The lowest BCUT2D eigenvalue weighted by molar-refractivity contribution is -0.387. The molecular weight excluding hydrogens is 433 g/mol. The van der Waals surface area contributed by atoms with E-state index in [2.05, 4.69) is 10.0 Å². The molecule has 0 aliphatic carbocycles. The van der Waals surface area contributed by atoms with Gasteiger partial charge in [-0.2, -0.15) is 4.39 Å². The van der Waals surface area contributed by atoms with Crippen molar-refractivity contribution in [1.29, 1.82) is 0 Å². The number of nitrogens with zero attached hydrogens (tertiary/aromatic N) is 1. The number of carbonyl (C=O) groups excluding carboxylic acids is 2. The highest BCUT2D eigenvalue weighted by Gasteiger charge is 2.20. The number of sulfonamides is 1. The quantitative estimate of drug-likeness (QED) is 0.377. The summed E-state index contributed by atoms with van der Waals surface area (Å²) >= 11 is 5.88. The molecule has 0 saturated heterocycles. The van der Waals surface area contributed by atoms with Gasteiger partial charge >= 0.3 is 11.7 Å². The first-order chi connectivity index (χ1) is 13.5. The molecule has 154 valence electrons. The van der Waals surface area contributed by atoms with E-state index in [4.69, 9.17) is 16.3 Å². The first-order valence-electron chi connectivity index (χ1n) is 7.69. The molecule has 10 nitrogen and oxygen atoms in total. The van der Waals surface area contributed by atoms with E-state index in [9.17, 15) is 32.5 Å². The van der Waals surface area contributed by atoms with Gasteiger partial charge in [0.15, 0.2) is 6.61 Å². The van der Waals surface area contributed by atoms with Gasteiger partial charge in [-0.3, -0.25) is 14.9 Å². The zero-order chi connectivity index (χ0) is 21.8. The minimum atomic E-state index is -3.84. The number of nitro groups is 1. The van der Waals surface area contributed by atoms with Gasteiger partial charge < -0.3 is 10.1 Å². The van der Waals surface area contributed by atoms with Crippen molar-refractivity contribution in [1.82, 2.24) is 4.72 Å². The number of anilines is 1. The molecular formula is C16H13ClFN3O7S. The van der Waals surface area contributed by atoms with Crippen LogP contribution in [0.3, 0.4) is 0 Å². The normalized spacial score (nSPS) is 11.0. The highest BCUT2D eigenvalue weighted by atomic mass is 35.5. The van der Waals surface area contributed by atoms with Gasteiger partial charge in [-0.15, -0.1) is 0 Å². The van der Waals surface area contributed by atoms with Gasteiger partial charge in [-0.1, -0.05) is 11.6 Å². The Morgan fingerprint density at radius 2 is 1.93 bits per heavy atom. The van der Waals surface area contributed by atoms with Gasteiger partial charge in [-0.05, 0) is 37.4 Å². The van der Waals surface area contributed by atoms with Crippen molar-refractivity contribution in [3.05, 3.63) is 62.9 Å². The second-order valence-electron chi connectivity index (χ2n) is 5.40. The Morgan fingerprint density at radius 1 is 1.24 bits per heavy atom. The molecule has 2 aromatic rings. The third kappa shape index (κ3) is 5.47. The van der Waals surface area contributed by atoms with Crippen LogP contribution in [0.2, 0.25) is 5.02 Å². The Hall–Kier alpha value is -3.09. The number of ether oxygens (including phenoxy) is 1. The average molecular weight is 446 g/mol. The van der Waals surface area contributed by atoms with Gasteiger partial charge in [0.2, 0.25) is 15.8 Å². The maximum atomic E-state index is 13.3. The summed E-state index contributed by atoms with van der Waals surface area (Å²) in [6.45, 7) is -0.802. The highest BCUT2D eigenvalue weighted by Crippen LogP contribution is 2.23. The van der Waals surface area contributed by atoms with Crippen LogP contribution in [0.25, 0.3) is 0 Å². The van der Waals surface area contributed by atoms with Crippen LogP contribution in [-0.2, 0) is 19.6 Å². The fourth-order valence-electron chi connectivity index (χ4n) is 2.08. The van der Waals surface area contributed by atoms with Crippen molar-refractivity contribution in [2.24, 2.45) is 0 Å². The molecule has 1 amide bonds. The van der Waals surface area contributed by atoms with E-state index >= 15 is 0 Å². The van der Waals surface area contributed by atoms with E-state index in [1.165, 1.54) is 19.2 Å². The van der Waals surface area contributed by atoms with Crippen LogP contribution >= 0.6 is 11.6 Å². The smallest absolute Gasteiger partial charge is 0.340 e. The number of nitrogens with one attached hydrogen (secondary N) is 2. The zero-order valence-corrected chi connectivity index (χ0v) is 16.2. The molecule has 0 fully saturated rings. The Kier molecular flexibility index (Phi) is 6.84. The number of carbonyl (C=O) groups is 2. The number of benzene rings is 2. The summed E-state index contributed by atoms with van der Waals surface area (Å²) in [5, 5.41) is 12.8. The van der Waals surface area contributed by atoms with Crippen LogP contribution in [0.5, 0.6) is 0 Å². The molecule has 13 heteroatoms. The number of hydrogen-bond acceptors (Lipinski definition) is 7. The van der Waals surface area contributed by atoms with Crippen molar-refractivity contribution in [2.75, 3.05) is 19.0 Å². The van der Waals surface area contributed by atoms with Gasteiger partial charge in [-0.25, -0.2) is 17.9 Å². The van der Waals surface area contributed by atoms with Crippen molar-refractivity contribution in [3.8, 4) is 0 Å². The molecule has 0 radical (unpaired) electrons. The molecule has 0 atom stereocenters. The largest absolute Gasteiger partial charge is 0.452 e. The maximum absolute atomic E-state index is 13.3. The lowest BCUT2D eigenvalue weighted by Gasteiger charge is -2.09. The van der Waals surface area contributed by atoms with Gasteiger partial charge in [0.05, 0.1) is 20.4 Å². The summed E-state index contributed by atoms with van der Waals surface area (Å²) in [4.78, 5) is 33.5. The number of amides is 1. The monoisotopic (exact) mass is 445 g/mol. The topological polar surface area (TPSA) is 145 Å². The summed E-state index contributed by atoms with van der Waals surface area (Å²) in [6.07, 6.45) is 0. The lowest BCUT2D eigenvalue weighted by atomic mass is 10.2. The Morgan fingerprint density at radius 3 is 2.55 bits per heavy atom. The number of hydrogen-bond donors (Lipinski definition) is 2. The fourth-order valence-corrected chi connectivity index (χ4v) is 3.03. The second-order valence-corrected chi connectivity index (χ2v) is 7.69. The SMILES string of the molecule is CNS(=O)(=O)c1ccc(Cl)c(C(=O)OCC(=O)Nc2ccc(F)c([N+](=O)[O-])c2)c1. The van der Waals surface area contributed by atoms with E-state index in [0.29, 0.717) is 0 Å². The molecule has 0 aliphatic heterocycles. The summed E-state index contributed by atoms with van der Waals surface area (Å²) in [7, 11) is -2.65. The molecule has 0 heterocycles. The van der Waals surface area contributed by atoms with Crippen LogP contribution in [0.4, 0.5) is 15.8 Å². The molecule has 0 aliphatic rings. The van der Waals surface area contributed by atoms with E-state index in [1.54, 1.807) is 0 Å². The molecule has 0 aromatic heterocycles. The third-order valence-corrected chi connectivity index (χ3v) is 5.24. The lowest BCUT2D eigenvalue weighted by Crippen LogP contribution is -2.22.